The fourth-order valence-corrected chi connectivity index (χ4v) is 0.394. The van der Waals surface area contributed by atoms with Crippen molar-refractivity contribution in [3.8, 4) is 6.07 Å². The molecule has 0 bridgehead atoms. The van der Waals surface area contributed by atoms with Crippen molar-refractivity contribution in [3.05, 3.63) is 0 Å². The van der Waals surface area contributed by atoms with Crippen LogP contribution >= 0.6 is 0 Å². The van der Waals surface area contributed by atoms with E-state index in [-0.39, 0.29) is 12.6 Å². The first-order valence-electron chi connectivity index (χ1n) is 3.08. The predicted octanol–water partition coefficient (Wildman–Crippen LogP) is 0.171. The summed E-state index contributed by atoms with van der Waals surface area (Å²) in [6.07, 6.45) is 0. The fourth-order valence-electron chi connectivity index (χ4n) is 0.394. The molecule has 2 amide bonds. The second-order valence-electron chi connectivity index (χ2n) is 1.83. The maximum Gasteiger partial charge on any atom is 0.317 e. The molecule has 10 heavy (non-hydrogen) atoms. The molecule has 0 saturated heterocycles. The van der Waals surface area contributed by atoms with Crippen LogP contribution in [0, 0.1) is 11.3 Å². The molecule has 0 aliphatic carbocycles. The number of nitrogens with zero attached hydrogens (tertiary/aromatic N) is 2. The van der Waals surface area contributed by atoms with Gasteiger partial charge in [-0.1, -0.05) is 0 Å². The molecule has 0 radical (unpaired) electrons. The topological polar surface area (TPSA) is 56.1 Å². The summed E-state index contributed by atoms with van der Waals surface area (Å²) in [5.41, 5.74) is 0. The highest BCUT2D eigenvalue weighted by Crippen LogP contribution is 1.80. The standard InChI is InChI=1S/C6H11N3O/c1-3-9(2)6(10)8-5-4-7/h3,5H2,1-2H3,(H,8,10). The number of carbonyl (C=O) groups excluding carboxylic acids is 1. The van der Waals surface area contributed by atoms with Crippen molar-refractivity contribution in [1.82, 2.24) is 10.2 Å². The number of urea groups is 1. The maximum absolute atomic E-state index is 10.8. The lowest BCUT2D eigenvalue weighted by atomic mass is 10.6. The zero-order chi connectivity index (χ0) is 7.98. The van der Waals surface area contributed by atoms with Crippen LogP contribution in [0.5, 0.6) is 0 Å². The van der Waals surface area contributed by atoms with Crippen molar-refractivity contribution in [3.63, 3.8) is 0 Å². The largest absolute Gasteiger partial charge is 0.328 e. The Bertz CT molecular complexity index is 150. The van der Waals surface area contributed by atoms with Gasteiger partial charge in [0.15, 0.2) is 0 Å². The molecular weight excluding hydrogens is 130 g/mol. The molecular formula is C6H11N3O. The summed E-state index contributed by atoms with van der Waals surface area (Å²) in [5.74, 6) is 0. The Morgan fingerprint density at radius 1 is 1.80 bits per heavy atom. The van der Waals surface area contributed by atoms with E-state index >= 15 is 0 Å². The first-order chi connectivity index (χ1) is 4.72. The van der Waals surface area contributed by atoms with Crippen LogP contribution in [0.4, 0.5) is 4.79 Å². The zero-order valence-corrected chi connectivity index (χ0v) is 6.22. The Morgan fingerprint density at radius 2 is 2.40 bits per heavy atom. The van der Waals surface area contributed by atoms with Crippen LogP contribution in [0.25, 0.3) is 0 Å². The van der Waals surface area contributed by atoms with Crippen molar-refractivity contribution in [2.45, 2.75) is 6.92 Å². The summed E-state index contributed by atoms with van der Waals surface area (Å²) in [6.45, 7) is 2.59. The Hall–Kier alpha value is -1.24. The highest BCUT2D eigenvalue weighted by atomic mass is 16.2. The van der Waals surface area contributed by atoms with Gasteiger partial charge in [-0.15, -0.1) is 0 Å². The summed E-state index contributed by atoms with van der Waals surface area (Å²) >= 11 is 0. The van der Waals surface area contributed by atoms with Crippen LogP contribution in [-0.2, 0) is 0 Å². The number of hydrogen-bond acceptors (Lipinski definition) is 2. The van der Waals surface area contributed by atoms with E-state index in [0.717, 1.165) is 0 Å². The quantitative estimate of drug-likeness (QED) is 0.557. The number of amides is 2. The molecule has 4 nitrogen and oxygen atoms in total. The fraction of sp³-hybridized carbons (Fsp3) is 0.667. The third-order valence-electron chi connectivity index (χ3n) is 1.14. The van der Waals surface area contributed by atoms with E-state index in [1.807, 2.05) is 13.0 Å². The highest BCUT2D eigenvalue weighted by molar-refractivity contribution is 5.73. The zero-order valence-electron chi connectivity index (χ0n) is 6.22. The van der Waals surface area contributed by atoms with Gasteiger partial charge in [-0.2, -0.15) is 5.26 Å². The Labute approximate surface area is 60.4 Å². The Morgan fingerprint density at radius 3 is 2.80 bits per heavy atom. The van der Waals surface area contributed by atoms with Gasteiger partial charge in [0.25, 0.3) is 0 Å². The van der Waals surface area contributed by atoms with E-state index < -0.39 is 0 Å². The molecule has 0 atom stereocenters. The monoisotopic (exact) mass is 141 g/mol. The normalized spacial score (nSPS) is 8.10. The average Bonchev–Trinajstić information content (AvgIpc) is 1.98. The van der Waals surface area contributed by atoms with Crippen LogP contribution in [0.3, 0.4) is 0 Å². The van der Waals surface area contributed by atoms with Crippen molar-refractivity contribution < 1.29 is 4.79 Å². The first-order valence-corrected chi connectivity index (χ1v) is 3.08. The minimum absolute atomic E-state index is 0.0726. The van der Waals surface area contributed by atoms with Gasteiger partial charge in [-0.05, 0) is 6.92 Å². The van der Waals surface area contributed by atoms with Gasteiger partial charge >= 0.3 is 6.03 Å². The van der Waals surface area contributed by atoms with Gasteiger partial charge < -0.3 is 10.2 Å². The summed E-state index contributed by atoms with van der Waals surface area (Å²) in [5, 5.41) is 10.5. The van der Waals surface area contributed by atoms with E-state index in [1.54, 1.807) is 7.05 Å². The SMILES string of the molecule is CCN(C)C(=O)NCC#N. The molecule has 0 aliphatic heterocycles. The van der Waals surface area contributed by atoms with Crippen LogP contribution in [0.2, 0.25) is 0 Å². The van der Waals surface area contributed by atoms with Gasteiger partial charge in [0.2, 0.25) is 0 Å². The number of carbonyl (C=O) groups is 1. The number of rotatable bonds is 2. The summed E-state index contributed by atoms with van der Waals surface area (Å²) < 4.78 is 0. The lowest BCUT2D eigenvalue weighted by Crippen LogP contribution is -2.37. The predicted molar refractivity (Wildman–Crippen MR) is 37.3 cm³/mol. The molecule has 0 saturated carbocycles. The molecule has 0 heterocycles. The molecule has 0 aromatic carbocycles. The minimum atomic E-state index is -0.205. The third kappa shape index (κ3) is 2.92. The number of nitrogens with one attached hydrogen (secondary N) is 1. The van der Waals surface area contributed by atoms with Gasteiger partial charge in [0.05, 0.1) is 6.07 Å². The number of nitriles is 1. The smallest absolute Gasteiger partial charge is 0.317 e. The van der Waals surface area contributed by atoms with Gasteiger partial charge in [-0.3, -0.25) is 0 Å². The van der Waals surface area contributed by atoms with Crippen LogP contribution in [0.1, 0.15) is 6.92 Å². The summed E-state index contributed by atoms with van der Waals surface area (Å²) in [7, 11) is 1.67. The lowest BCUT2D eigenvalue weighted by Gasteiger charge is -2.13. The Kier molecular flexibility index (Phi) is 4.05. The molecule has 0 spiro atoms. The molecule has 0 rings (SSSR count). The van der Waals surface area contributed by atoms with Crippen LogP contribution in [-0.4, -0.2) is 31.1 Å². The van der Waals surface area contributed by atoms with Crippen LogP contribution in [0.15, 0.2) is 0 Å². The molecule has 0 fully saturated rings. The second kappa shape index (κ2) is 4.62. The van der Waals surface area contributed by atoms with Crippen molar-refractivity contribution >= 4 is 6.03 Å². The van der Waals surface area contributed by atoms with E-state index in [2.05, 4.69) is 5.32 Å². The Balaban J connectivity index is 3.54. The minimum Gasteiger partial charge on any atom is -0.328 e. The summed E-state index contributed by atoms with van der Waals surface area (Å²) in [6, 6.07) is 1.61. The second-order valence-corrected chi connectivity index (χ2v) is 1.83. The molecule has 4 heteroatoms. The van der Waals surface area contributed by atoms with Gasteiger partial charge in [-0.25, -0.2) is 4.79 Å². The molecule has 0 unspecified atom stereocenters. The van der Waals surface area contributed by atoms with Gasteiger partial charge in [0.1, 0.15) is 6.54 Å². The molecule has 0 aliphatic rings. The van der Waals surface area contributed by atoms with E-state index in [1.165, 1.54) is 4.90 Å². The molecule has 0 aromatic heterocycles. The molecule has 56 valence electrons. The summed E-state index contributed by atoms with van der Waals surface area (Å²) in [4.78, 5) is 12.3. The third-order valence-corrected chi connectivity index (χ3v) is 1.14. The van der Waals surface area contributed by atoms with Gasteiger partial charge in [0, 0.05) is 13.6 Å². The van der Waals surface area contributed by atoms with Crippen molar-refractivity contribution in [2.75, 3.05) is 20.1 Å². The molecule has 1 N–H and O–H groups in total. The van der Waals surface area contributed by atoms with E-state index in [4.69, 9.17) is 5.26 Å². The first kappa shape index (κ1) is 8.76. The molecule has 0 aromatic rings. The maximum atomic E-state index is 10.8. The van der Waals surface area contributed by atoms with Crippen molar-refractivity contribution in [2.24, 2.45) is 0 Å². The van der Waals surface area contributed by atoms with E-state index in [0.29, 0.717) is 6.54 Å². The van der Waals surface area contributed by atoms with E-state index in [9.17, 15) is 4.79 Å². The van der Waals surface area contributed by atoms with Crippen LogP contribution < -0.4 is 5.32 Å². The highest BCUT2D eigenvalue weighted by Gasteiger charge is 2.02. The average molecular weight is 141 g/mol. The lowest BCUT2D eigenvalue weighted by molar-refractivity contribution is 0.212. The van der Waals surface area contributed by atoms with Crippen molar-refractivity contribution in [1.29, 1.82) is 5.26 Å². The number of hydrogen-bond donors (Lipinski definition) is 1.